The van der Waals surface area contributed by atoms with Crippen LogP contribution in [-0.2, 0) is 6.61 Å². The number of nitrogens with zero attached hydrogens (tertiary/aromatic N) is 2. The summed E-state index contributed by atoms with van der Waals surface area (Å²) in [5.74, 6) is 6.43. The zero-order valence-electron chi connectivity index (χ0n) is 10.6. The van der Waals surface area contributed by atoms with E-state index in [1.54, 1.807) is 11.2 Å². The Morgan fingerprint density at radius 2 is 2.06 bits per heavy atom. The largest absolute Gasteiger partial charge is 0.473 e. The van der Waals surface area contributed by atoms with E-state index in [0.29, 0.717) is 12.5 Å². The third-order valence-electron chi connectivity index (χ3n) is 2.77. The first-order valence-corrected chi connectivity index (χ1v) is 5.79. The van der Waals surface area contributed by atoms with Crippen LogP contribution in [0.1, 0.15) is 11.1 Å². The molecule has 4 nitrogen and oxygen atoms in total. The first-order valence-electron chi connectivity index (χ1n) is 5.79. The molecule has 1 heterocycles. The molecule has 2 N–H and O–H groups in total. The van der Waals surface area contributed by atoms with Crippen LogP contribution >= 0.6 is 0 Å². The summed E-state index contributed by atoms with van der Waals surface area (Å²) in [6.45, 7) is 2.50. The summed E-state index contributed by atoms with van der Waals surface area (Å²) in [6, 6.07) is 11.6. The van der Waals surface area contributed by atoms with Crippen molar-refractivity contribution in [2.24, 2.45) is 5.84 Å². The van der Waals surface area contributed by atoms with Gasteiger partial charge in [-0.3, -0.25) is 0 Å². The van der Waals surface area contributed by atoms with Crippen molar-refractivity contribution in [3.05, 3.63) is 53.7 Å². The van der Waals surface area contributed by atoms with E-state index in [9.17, 15) is 0 Å². The molecule has 18 heavy (non-hydrogen) atoms. The average molecular weight is 243 g/mol. The maximum absolute atomic E-state index is 5.81. The Bertz CT molecular complexity index is 512. The number of anilines is 1. The summed E-state index contributed by atoms with van der Waals surface area (Å²) in [7, 11) is 1.82. The monoisotopic (exact) mass is 243 g/mol. The molecule has 0 spiro atoms. The summed E-state index contributed by atoms with van der Waals surface area (Å²) < 4.78 is 5.67. The van der Waals surface area contributed by atoms with Crippen LogP contribution in [0.5, 0.6) is 5.88 Å². The van der Waals surface area contributed by atoms with Crippen LogP contribution in [0.2, 0.25) is 0 Å². The summed E-state index contributed by atoms with van der Waals surface area (Å²) in [6.07, 6.45) is 1.71. The van der Waals surface area contributed by atoms with Crippen molar-refractivity contribution >= 4 is 5.69 Å². The van der Waals surface area contributed by atoms with Gasteiger partial charge < -0.3 is 9.75 Å². The summed E-state index contributed by atoms with van der Waals surface area (Å²) in [5, 5.41) is 1.60. The molecule has 1 aromatic heterocycles. The van der Waals surface area contributed by atoms with Gasteiger partial charge >= 0.3 is 0 Å². The molecule has 0 aliphatic rings. The van der Waals surface area contributed by atoms with Gasteiger partial charge in [-0.1, -0.05) is 18.2 Å². The second kappa shape index (κ2) is 5.51. The molecule has 0 aliphatic heterocycles. The van der Waals surface area contributed by atoms with Gasteiger partial charge in [0.15, 0.2) is 0 Å². The topological polar surface area (TPSA) is 51.4 Å². The third-order valence-corrected chi connectivity index (χ3v) is 2.77. The fourth-order valence-electron chi connectivity index (χ4n) is 1.78. The minimum Gasteiger partial charge on any atom is -0.473 e. The number of nitrogens with two attached hydrogens (primary N) is 1. The van der Waals surface area contributed by atoms with E-state index in [-0.39, 0.29) is 0 Å². The van der Waals surface area contributed by atoms with Gasteiger partial charge in [0.25, 0.3) is 0 Å². The first-order chi connectivity index (χ1) is 8.68. The molecular formula is C14H17N3O. The fraction of sp³-hybridized carbons (Fsp3) is 0.214. The Hall–Kier alpha value is -2.07. The molecule has 0 atom stereocenters. The van der Waals surface area contributed by atoms with Crippen molar-refractivity contribution in [3.63, 3.8) is 0 Å². The Morgan fingerprint density at radius 1 is 1.22 bits per heavy atom. The maximum atomic E-state index is 5.81. The van der Waals surface area contributed by atoms with Crippen LogP contribution in [0.25, 0.3) is 0 Å². The molecule has 0 bridgehead atoms. The van der Waals surface area contributed by atoms with Gasteiger partial charge in [-0.25, -0.2) is 10.8 Å². The first kappa shape index (κ1) is 12.4. The number of aromatic nitrogens is 1. The Morgan fingerprint density at radius 3 is 2.72 bits per heavy atom. The lowest BCUT2D eigenvalue weighted by molar-refractivity contribution is 0.293. The van der Waals surface area contributed by atoms with E-state index < -0.39 is 0 Å². The number of aryl methyl sites for hydroxylation is 1. The van der Waals surface area contributed by atoms with Crippen LogP contribution in [0.3, 0.4) is 0 Å². The van der Waals surface area contributed by atoms with Crippen molar-refractivity contribution in [2.75, 3.05) is 12.1 Å². The molecule has 4 heteroatoms. The molecule has 94 valence electrons. The second-order valence-electron chi connectivity index (χ2n) is 4.14. The minimum atomic E-state index is 0.459. The lowest BCUT2D eigenvalue weighted by Gasteiger charge is -2.18. The summed E-state index contributed by atoms with van der Waals surface area (Å²) in [4.78, 5) is 4.13. The quantitative estimate of drug-likeness (QED) is 0.661. The minimum absolute atomic E-state index is 0.459. The van der Waals surface area contributed by atoms with E-state index in [1.807, 2.05) is 50.4 Å². The molecule has 0 aliphatic carbocycles. The van der Waals surface area contributed by atoms with Crippen LogP contribution in [0.15, 0.2) is 42.6 Å². The summed E-state index contributed by atoms with van der Waals surface area (Å²) >= 11 is 0. The fourth-order valence-corrected chi connectivity index (χ4v) is 1.78. The molecule has 0 saturated carbocycles. The molecule has 0 fully saturated rings. The van der Waals surface area contributed by atoms with Gasteiger partial charge in [0, 0.05) is 24.9 Å². The maximum Gasteiger partial charge on any atom is 0.213 e. The van der Waals surface area contributed by atoms with E-state index in [4.69, 9.17) is 10.6 Å². The van der Waals surface area contributed by atoms with Gasteiger partial charge in [-0.2, -0.15) is 0 Å². The third kappa shape index (κ3) is 2.78. The molecule has 0 unspecified atom stereocenters. The van der Waals surface area contributed by atoms with Crippen LogP contribution in [0, 0.1) is 6.92 Å². The van der Waals surface area contributed by atoms with Crippen LogP contribution in [0.4, 0.5) is 5.69 Å². The number of hydrazine groups is 1. The highest BCUT2D eigenvalue weighted by atomic mass is 16.5. The van der Waals surface area contributed by atoms with E-state index >= 15 is 0 Å². The smallest absolute Gasteiger partial charge is 0.213 e. The molecule has 0 amide bonds. The highest BCUT2D eigenvalue weighted by Gasteiger charge is 2.08. The molecular weight excluding hydrogens is 226 g/mol. The van der Waals surface area contributed by atoms with Crippen molar-refractivity contribution in [1.82, 2.24) is 4.98 Å². The number of benzene rings is 1. The van der Waals surface area contributed by atoms with Gasteiger partial charge in [0.1, 0.15) is 6.61 Å². The van der Waals surface area contributed by atoms with E-state index in [0.717, 1.165) is 16.8 Å². The number of rotatable bonds is 4. The Kier molecular flexibility index (Phi) is 3.79. The average Bonchev–Trinajstić information content (AvgIpc) is 2.38. The van der Waals surface area contributed by atoms with E-state index in [2.05, 4.69) is 4.98 Å². The number of ether oxygens (including phenoxy) is 1. The SMILES string of the molecule is Cc1cccc(N(C)N)c1COc1ccccn1. The number of hydrogen-bond acceptors (Lipinski definition) is 4. The predicted molar refractivity (Wildman–Crippen MR) is 72.3 cm³/mol. The summed E-state index contributed by atoms with van der Waals surface area (Å²) in [5.41, 5.74) is 3.19. The number of hydrogen-bond donors (Lipinski definition) is 1. The van der Waals surface area contributed by atoms with Crippen molar-refractivity contribution in [2.45, 2.75) is 13.5 Å². The van der Waals surface area contributed by atoms with Crippen molar-refractivity contribution in [1.29, 1.82) is 0 Å². The molecule has 1 aromatic carbocycles. The Labute approximate surface area is 107 Å². The predicted octanol–water partition coefficient (Wildman–Crippen LogP) is 2.28. The highest BCUT2D eigenvalue weighted by molar-refractivity contribution is 5.54. The van der Waals surface area contributed by atoms with Gasteiger partial charge in [0.2, 0.25) is 5.88 Å². The zero-order valence-corrected chi connectivity index (χ0v) is 10.6. The normalized spacial score (nSPS) is 10.2. The molecule has 2 rings (SSSR count). The highest BCUT2D eigenvalue weighted by Crippen LogP contribution is 2.22. The molecule has 0 radical (unpaired) electrons. The number of pyridine rings is 1. The standard InChI is InChI=1S/C14H17N3O/c1-11-6-5-7-13(17(2)15)12(11)10-18-14-8-3-4-9-16-14/h3-9H,10,15H2,1-2H3. The lowest BCUT2D eigenvalue weighted by Crippen LogP contribution is -2.26. The second-order valence-corrected chi connectivity index (χ2v) is 4.14. The van der Waals surface area contributed by atoms with Crippen LogP contribution < -0.4 is 15.6 Å². The van der Waals surface area contributed by atoms with Gasteiger partial charge in [-0.15, -0.1) is 0 Å². The van der Waals surface area contributed by atoms with Crippen molar-refractivity contribution < 1.29 is 4.74 Å². The van der Waals surface area contributed by atoms with E-state index in [1.165, 1.54) is 0 Å². The molecule has 2 aromatic rings. The van der Waals surface area contributed by atoms with Gasteiger partial charge in [-0.05, 0) is 24.6 Å². The lowest BCUT2D eigenvalue weighted by atomic mass is 10.1. The zero-order chi connectivity index (χ0) is 13.0. The molecule has 0 saturated heterocycles. The van der Waals surface area contributed by atoms with Crippen molar-refractivity contribution in [3.8, 4) is 5.88 Å². The Balaban J connectivity index is 2.19. The van der Waals surface area contributed by atoms with Crippen LogP contribution in [-0.4, -0.2) is 12.0 Å². The van der Waals surface area contributed by atoms with Gasteiger partial charge in [0.05, 0.1) is 5.69 Å².